The summed E-state index contributed by atoms with van der Waals surface area (Å²) in [5.41, 5.74) is 10.6. The van der Waals surface area contributed by atoms with Crippen molar-refractivity contribution in [1.29, 1.82) is 0 Å². The molecule has 0 spiro atoms. The highest BCUT2D eigenvalue weighted by Crippen LogP contribution is 2.26. The average molecular weight is 361 g/mol. The number of nitrogens with zero attached hydrogens (tertiary/aromatic N) is 3. The second-order valence-corrected chi connectivity index (χ2v) is 6.66. The topological polar surface area (TPSA) is 76.3 Å². The summed E-state index contributed by atoms with van der Waals surface area (Å²) in [5, 5.41) is 3.21. The van der Waals surface area contributed by atoms with Gasteiger partial charge in [0.2, 0.25) is 5.95 Å². The summed E-state index contributed by atoms with van der Waals surface area (Å²) in [6.07, 6.45) is 1.06. The summed E-state index contributed by atoms with van der Waals surface area (Å²) in [4.78, 5) is 11.4. The maximum absolute atomic E-state index is 6.02. The standard InChI is InChI=1S/C21H23N5O/c1-27-19-9-5-4-8-18(19)24-21-23-17(12-20(22)25-21)14-26-11-10-15-6-2-3-7-16(15)13-26/h2-9,12H,10-11,13-14H2,1H3,(H3,22,23,24,25). The lowest BCUT2D eigenvalue weighted by Gasteiger charge is -2.28. The minimum absolute atomic E-state index is 0.454. The number of anilines is 3. The first-order valence-corrected chi connectivity index (χ1v) is 9.04. The van der Waals surface area contributed by atoms with Crippen LogP contribution in [0.1, 0.15) is 16.8 Å². The van der Waals surface area contributed by atoms with Crippen LogP contribution in [-0.2, 0) is 19.5 Å². The Morgan fingerprint density at radius 3 is 2.70 bits per heavy atom. The molecule has 3 N–H and O–H groups in total. The van der Waals surface area contributed by atoms with E-state index in [1.54, 1.807) is 7.11 Å². The predicted molar refractivity (Wildman–Crippen MR) is 107 cm³/mol. The molecule has 2 aromatic carbocycles. The van der Waals surface area contributed by atoms with Gasteiger partial charge < -0.3 is 15.8 Å². The molecule has 0 fully saturated rings. The van der Waals surface area contributed by atoms with Crippen LogP contribution < -0.4 is 15.8 Å². The van der Waals surface area contributed by atoms with E-state index in [2.05, 4.69) is 44.5 Å². The molecular formula is C21H23N5O. The van der Waals surface area contributed by atoms with Crippen LogP contribution >= 0.6 is 0 Å². The first kappa shape index (κ1) is 17.3. The van der Waals surface area contributed by atoms with Crippen molar-refractivity contribution in [3.63, 3.8) is 0 Å². The van der Waals surface area contributed by atoms with Crippen LogP contribution in [0.2, 0.25) is 0 Å². The van der Waals surface area contributed by atoms with Gasteiger partial charge in [0, 0.05) is 25.7 Å². The number of para-hydroxylation sites is 2. The van der Waals surface area contributed by atoms with Gasteiger partial charge in [-0.25, -0.2) is 4.98 Å². The molecule has 0 unspecified atom stereocenters. The number of fused-ring (bicyclic) bond motifs is 1. The van der Waals surface area contributed by atoms with Crippen molar-refractivity contribution in [1.82, 2.24) is 14.9 Å². The fourth-order valence-electron chi connectivity index (χ4n) is 3.44. The van der Waals surface area contributed by atoms with Crippen LogP contribution in [0.3, 0.4) is 0 Å². The van der Waals surface area contributed by atoms with E-state index in [1.165, 1.54) is 11.1 Å². The maximum Gasteiger partial charge on any atom is 0.229 e. The maximum atomic E-state index is 6.02. The molecule has 0 saturated carbocycles. The number of hydrogen-bond acceptors (Lipinski definition) is 6. The number of nitrogen functional groups attached to an aromatic ring is 1. The fraction of sp³-hybridized carbons (Fsp3) is 0.238. The highest BCUT2D eigenvalue weighted by Gasteiger charge is 2.17. The van der Waals surface area contributed by atoms with Gasteiger partial charge in [-0.3, -0.25) is 4.90 Å². The third-order valence-electron chi connectivity index (χ3n) is 4.75. The van der Waals surface area contributed by atoms with Crippen molar-refractivity contribution in [3.8, 4) is 5.75 Å². The molecule has 1 aliphatic heterocycles. The van der Waals surface area contributed by atoms with Gasteiger partial charge in [0.25, 0.3) is 0 Å². The van der Waals surface area contributed by atoms with Gasteiger partial charge in [0.15, 0.2) is 0 Å². The van der Waals surface area contributed by atoms with Crippen LogP contribution in [0.5, 0.6) is 5.75 Å². The molecule has 0 bridgehead atoms. The number of nitrogens with two attached hydrogens (primary N) is 1. The second kappa shape index (κ2) is 7.63. The fourth-order valence-corrected chi connectivity index (χ4v) is 3.44. The molecule has 2 heterocycles. The van der Waals surface area contributed by atoms with Gasteiger partial charge in [-0.15, -0.1) is 0 Å². The Morgan fingerprint density at radius 1 is 1.07 bits per heavy atom. The summed E-state index contributed by atoms with van der Waals surface area (Å²) in [7, 11) is 1.64. The number of rotatable bonds is 5. The normalized spacial score (nSPS) is 13.8. The van der Waals surface area contributed by atoms with Crippen molar-refractivity contribution in [2.75, 3.05) is 24.7 Å². The molecule has 0 atom stereocenters. The quantitative estimate of drug-likeness (QED) is 0.726. The highest BCUT2D eigenvalue weighted by atomic mass is 16.5. The Labute approximate surface area is 159 Å². The van der Waals surface area contributed by atoms with Crippen LogP contribution in [0.4, 0.5) is 17.5 Å². The Balaban J connectivity index is 1.51. The summed E-state index contributed by atoms with van der Waals surface area (Å²) in [6, 6.07) is 18.1. The van der Waals surface area contributed by atoms with Gasteiger partial charge in [-0.05, 0) is 29.7 Å². The molecule has 0 amide bonds. The Kier molecular flexibility index (Phi) is 4.89. The van der Waals surface area contributed by atoms with Crippen LogP contribution in [0, 0.1) is 0 Å². The van der Waals surface area contributed by atoms with E-state index in [9.17, 15) is 0 Å². The van der Waals surface area contributed by atoms with E-state index in [-0.39, 0.29) is 0 Å². The molecule has 3 aromatic rings. The smallest absolute Gasteiger partial charge is 0.229 e. The number of methoxy groups -OCH3 is 1. The first-order chi connectivity index (χ1) is 13.2. The van der Waals surface area contributed by atoms with E-state index in [0.29, 0.717) is 11.8 Å². The number of nitrogens with one attached hydrogen (secondary N) is 1. The third-order valence-corrected chi connectivity index (χ3v) is 4.75. The Morgan fingerprint density at radius 2 is 1.85 bits per heavy atom. The Hall–Kier alpha value is -3.12. The lowest BCUT2D eigenvalue weighted by Crippen LogP contribution is -2.30. The summed E-state index contributed by atoms with van der Waals surface area (Å²) in [6.45, 7) is 2.67. The van der Waals surface area contributed by atoms with Crippen molar-refractivity contribution in [2.24, 2.45) is 0 Å². The molecule has 6 heteroatoms. The van der Waals surface area contributed by atoms with Crippen LogP contribution in [-0.4, -0.2) is 28.5 Å². The van der Waals surface area contributed by atoms with Gasteiger partial charge >= 0.3 is 0 Å². The summed E-state index contributed by atoms with van der Waals surface area (Å²) in [5.74, 6) is 1.67. The van der Waals surface area contributed by atoms with Crippen molar-refractivity contribution in [2.45, 2.75) is 19.5 Å². The minimum atomic E-state index is 0.454. The molecule has 138 valence electrons. The van der Waals surface area contributed by atoms with Gasteiger partial charge in [0.1, 0.15) is 11.6 Å². The number of ether oxygens (including phenoxy) is 1. The molecule has 0 radical (unpaired) electrons. The molecule has 0 aliphatic carbocycles. The van der Waals surface area contributed by atoms with Crippen LogP contribution in [0.25, 0.3) is 0 Å². The minimum Gasteiger partial charge on any atom is -0.495 e. The molecule has 4 rings (SSSR count). The predicted octanol–water partition coefficient (Wildman–Crippen LogP) is 3.37. The summed E-state index contributed by atoms with van der Waals surface area (Å²) < 4.78 is 5.38. The van der Waals surface area contributed by atoms with E-state index in [1.807, 2.05) is 30.3 Å². The zero-order chi connectivity index (χ0) is 18.6. The van der Waals surface area contributed by atoms with E-state index in [0.717, 1.165) is 43.2 Å². The molecule has 1 aromatic heterocycles. The molecule has 0 saturated heterocycles. The number of hydrogen-bond donors (Lipinski definition) is 2. The SMILES string of the molecule is COc1ccccc1Nc1nc(N)cc(CN2CCc3ccccc3C2)n1. The zero-order valence-electron chi connectivity index (χ0n) is 15.4. The third kappa shape index (κ3) is 4.01. The molecule has 1 aliphatic rings. The molecule has 27 heavy (non-hydrogen) atoms. The highest BCUT2D eigenvalue weighted by molar-refractivity contribution is 5.63. The van der Waals surface area contributed by atoms with Crippen molar-refractivity contribution in [3.05, 3.63) is 71.4 Å². The average Bonchev–Trinajstić information content (AvgIpc) is 2.68. The monoisotopic (exact) mass is 361 g/mol. The largest absolute Gasteiger partial charge is 0.495 e. The second-order valence-electron chi connectivity index (χ2n) is 6.66. The summed E-state index contributed by atoms with van der Waals surface area (Å²) >= 11 is 0. The first-order valence-electron chi connectivity index (χ1n) is 9.04. The van der Waals surface area contributed by atoms with Crippen molar-refractivity contribution < 1.29 is 4.74 Å². The molecule has 6 nitrogen and oxygen atoms in total. The zero-order valence-corrected chi connectivity index (χ0v) is 15.4. The lowest BCUT2D eigenvalue weighted by atomic mass is 10.00. The number of aromatic nitrogens is 2. The van der Waals surface area contributed by atoms with E-state index < -0.39 is 0 Å². The molecular weight excluding hydrogens is 338 g/mol. The lowest BCUT2D eigenvalue weighted by molar-refractivity contribution is 0.243. The van der Waals surface area contributed by atoms with Gasteiger partial charge in [-0.1, -0.05) is 36.4 Å². The van der Waals surface area contributed by atoms with Gasteiger partial charge in [-0.2, -0.15) is 4.98 Å². The van der Waals surface area contributed by atoms with E-state index in [4.69, 9.17) is 10.5 Å². The number of benzene rings is 2. The Bertz CT molecular complexity index is 943. The van der Waals surface area contributed by atoms with Crippen LogP contribution in [0.15, 0.2) is 54.6 Å². The van der Waals surface area contributed by atoms with Crippen molar-refractivity contribution >= 4 is 17.5 Å². The van der Waals surface area contributed by atoms with E-state index >= 15 is 0 Å². The van der Waals surface area contributed by atoms with Gasteiger partial charge in [0.05, 0.1) is 18.5 Å².